The number of morpholine rings is 1. The molecule has 1 fully saturated rings. The number of hydrogen-bond donors (Lipinski definition) is 0. The van der Waals surface area contributed by atoms with Gasteiger partial charge in [0.15, 0.2) is 5.82 Å². The Morgan fingerprint density at radius 1 is 1.16 bits per heavy atom. The fourth-order valence-corrected chi connectivity index (χ4v) is 2.96. The number of hydrogen-bond acceptors (Lipinski definition) is 5. The first-order valence-electron chi connectivity index (χ1n) is 8.08. The van der Waals surface area contributed by atoms with Crippen LogP contribution in [0.15, 0.2) is 61.2 Å². The van der Waals surface area contributed by atoms with E-state index in [1.54, 1.807) is 34.1 Å². The average Bonchev–Trinajstić information content (AvgIpc) is 3.18. The highest BCUT2D eigenvalue weighted by Crippen LogP contribution is 2.26. The molecule has 2 aromatic heterocycles. The Balaban J connectivity index is 1.69. The zero-order valence-electron chi connectivity index (χ0n) is 13.5. The van der Waals surface area contributed by atoms with Crippen LogP contribution < -0.4 is 0 Å². The summed E-state index contributed by atoms with van der Waals surface area (Å²) >= 11 is 0. The zero-order chi connectivity index (χ0) is 17.1. The van der Waals surface area contributed by atoms with Gasteiger partial charge in [-0.15, -0.1) is 0 Å². The van der Waals surface area contributed by atoms with Crippen molar-refractivity contribution in [3.8, 4) is 5.69 Å². The second kappa shape index (κ2) is 6.82. The van der Waals surface area contributed by atoms with Crippen LogP contribution in [0.2, 0.25) is 0 Å². The van der Waals surface area contributed by atoms with Gasteiger partial charge in [-0.05, 0) is 24.3 Å². The Bertz CT molecular complexity index is 850. The van der Waals surface area contributed by atoms with Crippen molar-refractivity contribution in [1.29, 1.82) is 0 Å². The van der Waals surface area contributed by atoms with Crippen LogP contribution in [-0.2, 0) is 4.74 Å². The average molecular weight is 335 g/mol. The van der Waals surface area contributed by atoms with Crippen molar-refractivity contribution in [2.24, 2.45) is 0 Å². The lowest BCUT2D eigenvalue weighted by atomic mass is 10.1. The molecule has 7 heteroatoms. The molecule has 4 rings (SSSR count). The summed E-state index contributed by atoms with van der Waals surface area (Å²) in [5.74, 6) is 0.604. The Morgan fingerprint density at radius 2 is 2.04 bits per heavy atom. The fraction of sp³-hybridized carbons (Fsp3) is 0.222. The Morgan fingerprint density at radius 3 is 2.84 bits per heavy atom. The van der Waals surface area contributed by atoms with Gasteiger partial charge in [-0.3, -0.25) is 9.78 Å². The van der Waals surface area contributed by atoms with Crippen LogP contribution in [0.25, 0.3) is 5.69 Å². The fourth-order valence-electron chi connectivity index (χ4n) is 2.96. The number of carbonyl (C=O) groups excluding carboxylic acids is 1. The summed E-state index contributed by atoms with van der Waals surface area (Å²) in [5.41, 5.74) is 1.45. The highest BCUT2D eigenvalue weighted by Gasteiger charge is 2.33. The van der Waals surface area contributed by atoms with E-state index in [1.165, 1.54) is 6.33 Å². The van der Waals surface area contributed by atoms with Gasteiger partial charge in [0.1, 0.15) is 12.4 Å². The van der Waals surface area contributed by atoms with E-state index in [1.807, 2.05) is 30.3 Å². The van der Waals surface area contributed by atoms with Crippen molar-refractivity contribution in [1.82, 2.24) is 24.6 Å². The molecule has 3 heterocycles. The summed E-state index contributed by atoms with van der Waals surface area (Å²) in [7, 11) is 0. The summed E-state index contributed by atoms with van der Waals surface area (Å²) in [6, 6.07) is 13.0. The third-order valence-electron chi connectivity index (χ3n) is 4.17. The molecule has 1 amide bonds. The van der Waals surface area contributed by atoms with Crippen LogP contribution in [0.1, 0.15) is 22.2 Å². The molecule has 7 nitrogen and oxygen atoms in total. The normalized spacial score (nSPS) is 17.4. The quantitative estimate of drug-likeness (QED) is 0.731. The number of ether oxygens (including phenoxy) is 1. The van der Waals surface area contributed by atoms with E-state index < -0.39 is 0 Å². The number of amides is 1. The number of rotatable bonds is 3. The molecular formula is C18H17N5O2. The van der Waals surface area contributed by atoms with E-state index in [0.717, 1.165) is 5.69 Å². The van der Waals surface area contributed by atoms with E-state index >= 15 is 0 Å². The Labute approximate surface area is 144 Å². The maximum absolute atomic E-state index is 12.9. The van der Waals surface area contributed by atoms with Crippen molar-refractivity contribution in [2.75, 3.05) is 19.8 Å². The lowest BCUT2D eigenvalue weighted by Crippen LogP contribution is -2.44. The minimum Gasteiger partial charge on any atom is -0.377 e. The molecule has 126 valence electrons. The van der Waals surface area contributed by atoms with Gasteiger partial charge in [-0.2, -0.15) is 5.10 Å². The second-order valence-electron chi connectivity index (χ2n) is 5.70. The van der Waals surface area contributed by atoms with Gasteiger partial charge in [0.25, 0.3) is 5.91 Å². The second-order valence-corrected chi connectivity index (χ2v) is 5.70. The molecule has 0 radical (unpaired) electrons. The minimum atomic E-state index is -0.302. The smallest absolute Gasteiger partial charge is 0.256 e. The van der Waals surface area contributed by atoms with E-state index in [0.29, 0.717) is 31.1 Å². The number of para-hydroxylation sites is 1. The molecule has 0 bridgehead atoms. The summed E-state index contributed by atoms with van der Waals surface area (Å²) < 4.78 is 7.38. The molecule has 1 saturated heterocycles. The summed E-state index contributed by atoms with van der Waals surface area (Å²) in [6.07, 6.45) is 4.74. The Kier molecular flexibility index (Phi) is 4.22. The molecule has 0 aliphatic carbocycles. The van der Waals surface area contributed by atoms with Gasteiger partial charge < -0.3 is 9.64 Å². The van der Waals surface area contributed by atoms with Gasteiger partial charge in [-0.1, -0.05) is 18.2 Å². The van der Waals surface area contributed by atoms with Crippen LogP contribution >= 0.6 is 0 Å². The monoisotopic (exact) mass is 335 g/mol. The standard InChI is InChI=1S/C18H17N5O2/c24-18(14-5-4-8-19-11-14)22-9-10-25-12-16(22)17-20-13-21-23(17)15-6-2-1-3-7-15/h1-8,11,13,16H,9-10,12H2/t16-/m1/s1. The summed E-state index contributed by atoms with van der Waals surface area (Å²) in [5, 5.41) is 4.33. The topological polar surface area (TPSA) is 73.1 Å². The molecule has 0 N–H and O–H groups in total. The van der Waals surface area contributed by atoms with Crippen molar-refractivity contribution in [3.63, 3.8) is 0 Å². The number of aromatic nitrogens is 4. The van der Waals surface area contributed by atoms with E-state index in [2.05, 4.69) is 15.1 Å². The summed E-state index contributed by atoms with van der Waals surface area (Å²) in [4.78, 5) is 23.2. The molecule has 25 heavy (non-hydrogen) atoms. The molecule has 1 atom stereocenters. The zero-order valence-corrected chi connectivity index (χ0v) is 13.5. The molecule has 3 aromatic rings. The molecule has 1 aliphatic rings. The van der Waals surface area contributed by atoms with Crippen LogP contribution in [0, 0.1) is 0 Å². The number of carbonyl (C=O) groups is 1. The number of nitrogens with zero attached hydrogens (tertiary/aromatic N) is 5. The van der Waals surface area contributed by atoms with E-state index in [4.69, 9.17) is 4.74 Å². The van der Waals surface area contributed by atoms with Crippen LogP contribution in [0.5, 0.6) is 0 Å². The largest absolute Gasteiger partial charge is 0.377 e. The van der Waals surface area contributed by atoms with Gasteiger partial charge >= 0.3 is 0 Å². The highest BCUT2D eigenvalue weighted by molar-refractivity contribution is 5.94. The predicted octanol–water partition coefficient (Wildman–Crippen LogP) is 1.88. The first-order chi connectivity index (χ1) is 12.3. The van der Waals surface area contributed by atoms with Crippen LogP contribution in [0.3, 0.4) is 0 Å². The maximum atomic E-state index is 12.9. The highest BCUT2D eigenvalue weighted by atomic mass is 16.5. The maximum Gasteiger partial charge on any atom is 0.256 e. The molecule has 0 unspecified atom stereocenters. The molecule has 0 spiro atoms. The first-order valence-corrected chi connectivity index (χ1v) is 8.08. The molecule has 0 saturated carbocycles. The van der Waals surface area contributed by atoms with Crippen LogP contribution in [0.4, 0.5) is 0 Å². The van der Waals surface area contributed by atoms with Crippen LogP contribution in [-0.4, -0.2) is 50.3 Å². The van der Waals surface area contributed by atoms with Crippen molar-refractivity contribution >= 4 is 5.91 Å². The van der Waals surface area contributed by atoms with Gasteiger partial charge in [0.2, 0.25) is 0 Å². The molecular weight excluding hydrogens is 318 g/mol. The summed E-state index contributed by atoms with van der Waals surface area (Å²) in [6.45, 7) is 1.39. The van der Waals surface area contributed by atoms with E-state index in [-0.39, 0.29) is 11.9 Å². The minimum absolute atomic E-state index is 0.0796. The predicted molar refractivity (Wildman–Crippen MR) is 90.2 cm³/mol. The van der Waals surface area contributed by atoms with Gasteiger partial charge in [0.05, 0.1) is 24.5 Å². The van der Waals surface area contributed by atoms with Crippen molar-refractivity contribution < 1.29 is 9.53 Å². The van der Waals surface area contributed by atoms with Gasteiger partial charge in [0, 0.05) is 18.9 Å². The lowest BCUT2D eigenvalue weighted by Gasteiger charge is -2.35. The third-order valence-corrected chi connectivity index (χ3v) is 4.17. The molecule has 1 aliphatic heterocycles. The number of benzene rings is 1. The van der Waals surface area contributed by atoms with Gasteiger partial charge in [-0.25, -0.2) is 9.67 Å². The lowest BCUT2D eigenvalue weighted by molar-refractivity contribution is -0.00581. The Hall–Kier alpha value is -3.06. The molecule has 1 aromatic carbocycles. The van der Waals surface area contributed by atoms with Crippen molar-refractivity contribution in [3.05, 3.63) is 72.6 Å². The van der Waals surface area contributed by atoms with E-state index in [9.17, 15) is 4.79 Å². The third kappa shape index (κ3) is 3.01. The number of pyridine rings is 1. The SMILES string of the molecule is O=C(c1cccnc1)N1CCOC[C@@H]1c1ncnn1-c1ccccc1. The van der Waals surface area contributed by atoms with Crippen molar-refractivity contribution in [2.45, 2.75) is 6.04 Å². The first kappa shape index (κ1) is 15.5.